The molecule has 1 aromatic rings. The Labute approximate surface area is 123 Å². The lowest BCUT2D eigenvalue weighted by molar-refractivity contribution is 0.188. The summed E-state index contributed by atoms with van der Waals surface area (Å²) < 4.78 is 0. The molecule has 3 nitrogen and oxygen atoms in total. The maximum absolute atomic E-state index is 6.27. The molecular weight excluding hydrogens is 246 g/mol. The number of hydrogen-bond donors (Lipinski definition) is 1. The number of likely N-dealkylation sites (tertiary alicyclic amines) is 1. The maximum Gasteiger partial charge on any atom is 0.0496 e. The monoisotopic (exact) mass is 275 g/mol. The van der Waals surface area contributed by atoms with Crippen LogP contribution in [0.25, 0.3) is 0 Å². The molecule has 0 saturated carbocycles. The second-order valence-corrected chi connectivity index (χ2v) is 6.19. The van der Waals surface area contributed by atoms with Gasteiger partial charge >= 0.3 is 0 Å². The van der Waals surface area contributed by atoms with Gasteiger partial charge in [0.05, 0.1) is 0 Å². The molecule has 0 aromatic heterocycles. The van der Waals surface area contributed by atoms with Crippen LogP contribution in [0.1, 0.15) is 36.9 Å². The normalized spacial score (nSPS) is 19.4. The molecule has 1 heterocycles. The van der Waals surface area contributed by atoms with Gasteiger partial charge < -0.3 is 10.6 Å². The smallest absolute Gasteiger partial charge is 0.0496 e. The Balaban J connectivity index is 2.02. The zero-order valence-corrected chi connectivity index (χ0v) is 13.2. The molecule has 0 bridgehead atoms. The largest absolute Gasteiger partial charge is 0.326 e. The molecule has 0 spiro atoms. The minimum atomic E-state index is 0.139. The topological polar surface area (TPSA) is 32.5 Å². The van der Waals surface area contributed by atoms with Crippen LogP contribution in [0, 0.1) is 6.92 Å². The quantitative estimate of drug-likeness (QED) is 0.865. The molecule has 1 aromatic carbocycles. The first-order valence-corrected chi connectivity index (χ1v) is 7.83. The first kappa shape index (κ1) is 15.5. The van der Waals surface area contributed by atoms with Crippen molar-refractivity contribution in [2.24, 2.45) is 5.73 Å². The van der Waals surface area contributed by atoms with Gasteiger partial charge in [-0.25, -0.2) is 0 Å². The lowest BCUT2D eigenvalue weighted by atomic mass is 9.95. The van der Waals surface area contributed by atoms with Crippen LogP contribution in [0.5, 0.6) is 0 Å². The number of nitrogens with zero attached hydrogens (tertiary/aromatic N) is 2. The van der Waals surface area contributed by atoms with Crippen molar-refractivity contribution in [3.05, 3.63) is 35.4 Å². The van der Waals surface area contributed by atoms with Gasteiger partial charge in [-0.2, -0.15) is 0 Å². The number of aryl methyl sites for hydroxylation is 1. The van der Waals surface area contributed by atoms with E-state index < -0.39 is 0 Å². The fraction of sp³-hybridized carbons (Fsp3) is 0.647. The molecule has 1 aliphatic heterocycles. The number of nitrogens with two attached hydrogens (primary N) is 1. The van der Waals surface area contributed by atoms with E-state index in [1.54, 1.807) is 0 Å². The molecule has 0 amide bonds. The predicted octanol–water partition coefficient (Wildman–Crippen LogP) is 2.41. The van der Waals surface area contributed by atoms with E-state index in [1.165, 1.54) is 37.1 Å². The minimum Gasteiger partial charge on any atom is -0.326 e. The van der Waals surface area contributed by atoms with Crippen LogP contribution in [0.4, 0.5) is 0 Å². The summed E-state index contributed by atoms with van der Waals surface area (Å²) in [5, 5.41) is 0. The van der Waals surface area contributed by atoms with Crippen molar-refractivity contribution in [2.45, 2.75) is 38.8 Å². The van der Waals surface area contributed by atoms with Gasteiger partial charge in [0.25, 0.3) is 0 Å². The van der Waals surface area contributed by atoms with Crippen LogP contribution in [0.3, 0.4) is 0 Å². The summed E-state index contributed by atoms with van der Waals surface area (Å²) in [5.74, 6) is 0. The fourth-order valence-corrected chi connectivity index (χ4v) is 3.29. The van der Waals surface area contributed by atoms with Gasteiger partial charge in [-0.15, -0.1) is 0 Å². The highest BCUT2D eigenvalue weighted by Crippen LogP contribution is 2.25. The zero-order valence-electron chi connectivity index (χ0n) is 13.2. The summed E-state index contributed by atoms with van der Waals surface area (Å²) in [5.41, 5.74) is 8.97. The molecule has 3 heteroatoms. The van der Waals surface area contributed by atoms with Crippen LogP contribution >= 0.6 is 0 Å². The Morgan fingerprint density at radius 1 is 1.25 bits per heavy atom. The molecule has 20 heavy (non-hydrogen) atoms. The molecular formula is C17H29N3. The van der Waals surface area contributed by atoms with Crippen molar-refractivity contribution in [1.82, 2.24) is 9.80 Å². The molecule has 112 valence electrons. The van der Waals surface area contributed by atoms with Gasteiger partial charge in [0.2, 0.25) is 0 Å². The number of likely N-dealkylation sites (N-methyl/N-ethyl adjacent to an activating group) is 1. The third-order valence-corrected chi connectivity index (χ3v) is 4.45. The predicted molar refractivity (Wildman–Crippen MR) is 85.9 cm³/mol. The lowest BCUT2D eigenvalue weighted by Crippen LogP contribution is -2.41. The van der Waals surface area contributed by atoms with E-state index in [-0.39, 0.29) is 6.04 Å². The Morgan fingerprint density at radius 2 is 1.90 bits per heavy atom. The summed E-state index contributed by atoms with van der Waals surface area (Å²) >= 11 is 0. The Bertz CT molecular complexity index is 410. The van der Waals surface area contributed by atoms with Crippen LogP contribution in [0.2, 0.25) is 0 Å². The molecule has 1 fully saturated rings. The van der Waals surface area contributed by atoms with Gasteiger partial charge in [-0.05, 0) is 58.0 Å². The third kappa shape index (κ3) is 3.81. The number of benzene rings is 1. The van der Waals surface area contributed by atoms with Crippen LogP contribution in [-0.4, -0.2) is 49.1 Å². The van der Waals surface area contributed by atoms with Crippen LogP contribution in [0.15, 0.2) is 24.3 Å². The molecule has 1 saturated heterocycles. The SMILES string of the molecule is Cc1ccccc1C(C(C)N)N(C)CCN1CCCC1. The minimum absolute atomic E-state index is 0.139. The van der Waals surface area contributed by atoms with Crippen LogP contribution in [-0.2, 0) is 0 Å². The average molecular weight is 275 g/mol. The molecule has 0 aliphatic carbocycles. The van der Waals surface area contributed by atoms with Crippen molar-refractivity contribution in [3.63, 3.8) is 0 Å². The van der Waals surface area contributed by atoms with Gasteiger partial charge in [-0.1, -0.05) is 24.3 Å². The second kappa shape index (κ2) is 7.21. The first-order valence-electron chi connectivity index (χ1n) is 7.83. The van der Waals surface area contributed by atoms with Crippen molar-refractivity contribution in [2.75, 3.05) is 33.2 Å². The zero-order chi connectivity index (χ0) is 14.5. The standard InChI is InChI=1S/C17H29N3/c1-14-8-4-5-9-16(14)17(15(2)18)19(3)12-13-20-10-6-7-11-20/h4-5,8-9,15,17H,6-7,10-13,18H2,1-3H3. The van der Waals surface area contributed by atoms with E-state index in [0.717, 1.165) is 13.1 Å². The van der Waals surface area contributed by atoms with E-state index in [2.05, 4.69) is 55.0 Å². The molecule has 2 rings (SSSR count). The van der Waals surface area contributed by atoms with E-state index in [4.69, 9.17) is 5.73 Å². The van der Waals surface area contributed by atoms with Crippen LogP contribution < -0.4 is 5.73 Å². The molecule has 1 aliphatic rings. The van der Waals surface area contributed by atoms with E-state index in [1.807, 2.05) is 0 Å². The summed E-state index contributed by atoms with van der Waals surface area (Å²) in [6.45, 7) is 9.07. The van der Waals surface area contributed by atoms with Crippen molar-refractivity contribution in [3.8, 4) is 0 Å². The van der Waals surface area contributed by atoms with Crippen molar-refractivity contribution in [1.29, 1.82) is 0 Å². The average Bonchev–Trinajstić information content (AvgIpc) is 2.92. The molecule has 2 atom stereocenters. The maximum atomic E-state index is 6.27. The van der Waals surface area contributed by atoms with Crippen molar-refractivity contribution >= 4 is 0 Å². The first-order chi connectivity index (χ1) is 9.59. The van der Waals surface area contributed by atoms with Gasteiger partial charge in [-0.3, -0.25) is 4.90 Å². The van der Waals surface area contributed by atoms with Gasteiger partial charge in [0.15, 0.2) is 0 Å². The highest BCUT2D eigenvalue weighted by atomic mass is 15.2. The third-order valence-electron chi connectivity index (χ3n) is 4.45. The van der Waals surface area contributed by atoms with E-state index in [0.29, 0.717) is 6.04 Å². The summed E-state index contributed by atoms with van der Waals surface area (Å²) in [6, 6.07) is 9.06. The number of hydrogen-bond acceptors (Lipinski definition) is 3. The van der Waals surface area contributed by atoms with E-state index >= 15 is 0 Å². The molecule has 2 unspecified atom stereocenters. The Morgan fingerprint density at radius 3 is 2.50 bits per heavy atom. The summed E-state index contributed by atoms with van der Waals surface area (Å²) in [7, 11) is 2.20. The lowest BCUT2D eigenvalue weighted by Gasteiger charge is -2.33. The second-order valence-electron chi connectivity index (χ2n) is 6.19. The van der Waals surface area contributed by atoms with Gasteiger partial charge in [0, 0.05) is 25.2 Å². The Kier molecular flexibility index (Phi) is 5.58. The molecule has 2 N–H and O–H groups in total. The number of rotatable bonds is 6. The molecule has 0 radical (unpaired) electrons. The Hall–Kier alpha value is -0.900. The highest BCUT2D eigenvalue weighted by molar-refractivity contribution is 5.29. The van der Waals surface area contributed by atoms with Gasteiger partial charge in [0.1, 0.15) is 0 Å². The summed E-state index contributed by atoms with van der Waals surface area (Å²) in [4.78, 5) is 4.98. The van der Waals surface area contributed by atoms with E-state index in [9.17, 15) is 0 Å². The van der Waals surface area contributed by atoms with Crippen molar-refractivity contribution < 1.29 is 0 Å². The highest BCUT2D eigenvalue weighted by Gasteiger charge is 2.23. The summed E-state index contributed by atoms with van der Waals surface area (Å²) in [6.07, 6.45) is 2.72. The fourth-order valence-electron chi connectivity index (χ4n) is 3.29.